The van der Waals surface area contributed by atoms with Crippen molar-refractivity contribution in [3.05, 3.63) is 53.7 Å². The fraction of sp³-hybridized carbons (Fsp3) is 0.423. The molecule has 0 spiro atoms. The third-order valence-electron chi connectivity index (χ3n) is 6.31. The lowest BCUT2D eigenvalue weighted by Crippen LogP contribution is -2.47. The van der Waals surface area contributed by atoms with E-state index in [2.05, 4.69) is 70.7 Å². The number of nitrogens with one attached hydrogen (secondary N) is 1. The minimum absolute atomic E-state index is 0.190. The molecule has 1 fully saturated rings. The van der Waals surface area contributed by atoms with E-state index in [1.807, 2.05) is 6.07 Å². The number of anilines is 1. The molecule has 0 saturated carbocycles. The van der Waals surface area contributed by atoms with Gasteiger partial charge in [0.25, 0.3) is 0 Å². The van der Waals surface area contributed by atoms with Crippen LogP contribution in [-0.2, 0) is 11.2 Å². The van der Waals surface area contributed by atoms with Crippen LogP contribution in [0.25, 0.3) is 10.9 Å². The monoisotopic (exact) mass is 500 g/mol. The normalized spacial score (nSPS) is 14.8. The molecular weight excluding hydrogens is 464 g/mol. The third kappa shape index (κ3) is 6.84. The Morgan fingerprint density at radius 3 is 2.29 bits per heavy atom. The molecule has 2 heterocycles. The molecule has 8 nitrogen and oxygen atoms in total. The average Bonchev–Trinajstić information content (AvgIpc) is 3.20. The molecule has 9 heteroatoms. The molecule has 4 rings (SSSR count). The topological polar surface area (TPSA) is 104 Å². The summed E-state index contributed by atoms with van der Waals surface area (Å²) < 4.78 is 10.9. The number of nitrogens with zero attached hydrogens (tertiary/aromatic N) is 2. The third-order valence-corrected chi connectivity index (χ3v) is 6.70. The summed E-state index contributed by atoms with van der Waals surface area (Å²) in [6.45, 7) is 7.61. The molecule has 1 aliphatic heterocycles. The number of H-pyrrole nitrogens is 1. The lowest BCUT2D eigenvalue weighted by molar-refractivity contribution is -0.137. The molecule has 1 aromatic heterocycles. The Hall–Kier alpha value is -2.88. The molecule has 3 aromatic rings. The Labute approximate surface area is 212 Å². The van der Waals surface area contributed by atoms with Gasteiger partial charge in [-0.1, -0.05) is 18.2 Å². The number of nitrogens with two attached hydrogens (primary N) is 1. The largest absolute Gasteiger partial charge is 0.493 e. The molecule has 0 radical (unpaired) electrons. The molecule has 190 valence electrons. The number of ether oxygens (including phenoxy) is 2. The molecule has 0 amide bonds. The van der Waals surface area contributed by atoms with Crippen molar-refractivity contribution in [3.8, 4) is 11.5 Å². The van der Waals surface area contributed by atoms with Gasteiger partial charge in [0, 0.05) is 66.8 Å². The van der Waals surface area contributed by atoms with Crippen molar-refractivity contribution in [2.75, 3.05) is 57.6 Å². The number of fused-ring (bicyclic) bond motifs is 1. The summed E-state index contributed by atoms with van der Waals surface area (Å²) in [7, 11) is 3.37. The highest BCUT2D eigenvalue weighted by Gasteiger charge is 2.19. The van der Waals surface area contributed by atoms with E-state index in [-0.39, 0.29) is 5.75 Å². The van der Waals surface area contributed by atoms with Crippen molar-refractivity contribution >= 4 is 35.2 Å². The van der Waals surface area contributed by atoms with E-state index in [1.54, 1.807) is 14.2 Å². The second kappa shape index (κ2) is 12.7. The fourth-order valence-corrected chi connectivity index (χ4v) is 4.41. The highest BCUT2D eigenvalue weighted by atomic mass is 32.1. The first-order chi connectivity index (χ1) is 16.9. The number of carbonyl (C=O) groups is 1. The van der Waals surface area contributed by atoms with Gasteiger partial charge in [0.2, 0.25) is 0 Å². The van der Waals surface area contributed by atoms with Crippen molar-refractivity contribution in [2.24, 2.45) is 5.73 Å². The highest BCUT2D eigenvalue weighted by molar-refractivity contribution is 7.80. The van der Waals surface area contributed by atoms with Gasteiger partial charge >= 0.3 is 5.97 Å². The van der Waals surface area contributed by atoms with Crippen molar-refractivity contribution in [3.63, 3.8) is 0 Å². The van der Waals surface area contributed by atoms with Crippen molar-refractivity contribution in [1.29, 1.82) is 0 Å². The van der Waals surface area contributed by atoms with E-state index < -0.39 is 12.0 Å². The molecule has 4 N–H and O–H groups in total. The maximum Gasteiger partial charge on any atom is 0.321 e. The van der Waals surface area contributed by atoms with Gasteiger partial charge in [-0.2, -0.15) is 12.6 Å². The van der Waals surface area contributed by atoms with Crippen LogP contribution < -0.4 is 20.1 Å². The summed E-state index contributed by atoms with van der Waals surface area (Å²) in [6, 6.07) is 14.0. The van der Waals surface area contributed by atoms with Gasteiger partial charge in [-0.25, -0.2) is 0 Å². The number of para-hydroxylation sites is 1. The second-order valence-electron chi connectivity index (χ2n) is 8.52. The van der Waals surface area contributed by atoms with Crippen molar-refractivity contribution in [2.45, 2.75) is 19.4 Å². The van der Waals surface area contributed by atoms with Crippen LogP contribution >= 0.6 is 12.6 Å². The number of piperazine rings is 1. The Morgan fingerprint density at radius 1 is 1.11 bits per heavy atom. The van der Waals surface area contributed by atoms with Gasteiger partial charge in [0.05, 0.1) is 14.2 Å². The van der Waals surface area contributed by atoms with Crippen LogP contribution in [0.1, 0.15) is 11.3 Å². The number of carboxylic acid groups (broad SMARTS) is 1. The van der Waals surface area contributed by atoms with Gasteiger partial charge < -0.3 is 30.2 Å². The van der Waals surface area contributed by atoms with E-state index in [0.717, 1.165) is 56.2 Å². The summed E-state index contributed by atoms with van der Waals surface area (Å²) in [5.74, 6) is 0.733. The fourth-order valence-electron chi connectivity index (χ4n) is 4.25. The minimum atomic E-state index is -1.00. The number of methoxy groups -OCH3 is 2. The molecule has 35 heavy (non-hydrogen) atoms. The van der Waals surface area contributed by atoms with Gasteiger partial charge in [-0.15, -0.1) is 0 Å². The van der Waals surface area contributed by atoms with Gasteiger partial charge in [-0.3, -0.25) is 9.69 Å². The lowest BCUT2D eigenvalue weighted by atomic mass is 10.1. The van der Waals surface area contributed by atoms with E-state index in [0.29, 0.717) is 0 Å². The number of hydrogen-bond acceptors (Lipinski definition) is 7. The number of rotatable bonds is 8. The Kier molecular flexibility index (Phi) is 9.71. The predicted octanol–water partition coefficient (Wildman–Crippen LogP) is 3.19. The Morgan fingerprint density at radius 2 is 1.74 bits per heavy atom. The summed E-state index contributed by atoms with van der Waals surface area (Å²) in [6.07, 6.45) is 1.03. The van der Waals surface area contributed by atoms with Gasteiger partial charge in [0.15, 0.2) is 11.5 Å². The number of aryl methyl sites for hydroxylation is 1. The van der Waals surface area contributed by atoms with Crippen molar-refractivity contribution in [1.82, 2.24) is 9.88 Å². The average molecular weight is 501 g/mol. The Balaban J connectivity index is 0.000000429. The van der Waals surface area contributed by atoms with Crippen LogP contribution in [-0.4, -0.2) is 79.7 Å². The molecule has 0 bridgehead atoms. The molecule has 1 atom stereocenters. The number of hydrogen-bond donors (Lipinski definition) is 4. The second-order valence-corrected chi connectivity index (χ2v) is 8.89. The first-order valence-electron chi connectivity index (χ1n) is 11.7. The van der Waals surface area contributed by atoms with Crippen LogP contribution in [0, 0.1) is 6.92 Å². The highest BCUT2D eigenvalue weighted by Crippen LogP contribution is 2.34. The molecule has 1 aliphatic rings. The summed E-state index contributed by atoms with van der Waals surface area (Å²) in [5, 5.41) is 9.24. The van der Waals surface area contributed by atoms with Crippen LogP contribution in [0.5, 0.6) is 11.5 Å². The quantitative estimate of drug-likeness (QED) is 0.352. The van der Waals surface area contributed by atoms with E-state index in [1.165, 1.54) is 22.3 Å². The zero-order chi connectivity index (χ0) is 25.4. The van der Waals surface area contributed by atoms with Crippen LogP contribution in [0.2, 0.25) is 0 Å². The first-order valence-corrected chi connectivity index (χ1v) is 12.4. The minimum Gasteiger partial charge on any atom is -0.493 e. The van der Waals surface area contributed by atoms with Gasteiger partial charge in [0.1, 0.15) is 6.04 Å². The van der Waals surface area contributed by atoms with Crippen LogP contribution in [0.15, 0.2) is 42.5 Å². The summed E-state index contributed by atoms with van der Waals surface area (Å²) in [4.78, 5) is 18.3. The maximum atomic E-state index is 9.76. The van der Waals surface area contributed by atoms with Crippen LogP contribution in [0.4, 0.5) is 5.69 Å². The molecule has 2 aromatic carbocycles. The number of aromatic amines is 1. The smallest absolute Gasteiger partial charge is 0.321 e. The van der Waals surface area contributed by atoms with Crippen molar-refractivity contribution < 1.29 is 19.4 Å². The van der Waals surface area contributed by atoms with Gasteiger partial charge in [-0.05, 0) is 37.1 Å². The Bertz CT molecular complexity index is 1100. The SMILES string of the molecule is COc1cc2[nH]c(C)c(CCN3CCN(c4ccccc4)CC3)c2cc1OC.NC(CS)C(=O)O. The molecule has 1 unspecified atom stereocenters. The maximum absolute atomic E-state index is 9.76. The first kappa shape index (κ1) is 26.7. The molecule has 0 aliphatic carbocycles. The predicted molar refractivity (Wildman–Crippen MR) is 144 cm³/mol. The van der Waals surface area contributed by atoms with Crippen LogP contribution in [0.3, 0.4) is 0 Å². The lowest BCUT2D eigenvalue weighted by Gasteiger charge is -2.36. The molecule has 1 saturated heterocycles. The number of thiol groups is 1. The van der Waals surface area contributed by atoms with E-state index in [4.69, 9.17) is 20.3 Å². The molecular formula is C26H36N4O4S. The number of aliphatic carboxylic acids is 1. The van der Waals surface area contributed by atoms with E-state index >= 15 is 0 Å². The van der Waals surface area contributed by atoms with E-state index in [9.17, 15) is 4.79 Å². The standard InChI is InChI=1S/C23H29N3O2.C3H7NO2S/c1-17-19(20-15-22(27-2)23(28-3)16-21(20)24-17)9-10-25-11-13-26(14-12-25)18-7-5-4-6-8-18;4-2(1-7)3(5)6/h4-8,15-16,24H,9-14H2,1-3H3;2,7H,1,4H2,(H,5,6). The zero-order valence-corrected chi connectivity index (χ0v) is 21.6. The zero-order valence-electron chi connectivity index (χ0n) is 20.7. The number of carboxylic acids is 1. The summed E-state index contributed by atoms with van der Waals surface area (Å²) in [5.41, 5.74) is 9.99. The summed E-state index contributed by atoms with van der Waals surface area (Å²) >= 11 is 3.65. The number of benzene rings is 2. The number of aromatic nitrogens is 1.